The van der Waals surface area contributed by atoms with E-state index in [1.165, 1.54) is 18.4 Å². The van der Waals surface area contributed by atoms with Crippen LogP contribution in [0.5, 0.6) is 0 Å². The van der Waals surface area contributed by atoms with Crippen molar-refractivity contribution in [3.8, 4) is 0 Å². The van der Waals surface area contributed by atoms with Gasteiger partial charge in [0, 0.05) is 26.2 Å². The third kappa shape index (κ3) is 7.22. The second-order valence-corrected chi connectivity index (χ2v) is 9.27. The Kier molecular flexibility index (Phi) is 8.83. The molecule has 2 aromatic carbocycles. The minimum absolute atomic E-state index is 0.184. The van der Waals surface area contributed by atoms with Gasteiger partial charge >= 0.3 is 12.1 Å². The Hall–Kier alpha value is -3.66. The SMILES string of the molecule is CCOC(=O)C1CCN(C(=O)c2coc(CN(Cc3ccccc3)Cc3ccc(C(F)(F)F)cc3)n2)CC1. The van der Waals surface area contributed by atoms with Gasteiger partial charge in [-0.1, -0.05) is 42.5 Å². The Labute approximate surface area is 219 Å². The van der Waals surface area contributed by atoms with Crippen LogP contribution in [-0.2, 0) is 35.3 Å². The number of esters is 1. The van der Waals surface area contributed by atoms with Crippen molar-refractivity contribution in [3.05, 3.63) is 89.1 Å². The van der Waals surface area contributed by atoms with Gasteiger partial charge in [-0.05, 0) is 43.0 Å². The summed E-state index contributed by atoms with van der Waals surface area (Å²) in [5.74, 6) is -0.365. The Balaban J connectivity index is 1.42. The van der Waals surface area contributed by atoms with Gasteiger partial charge < -0.3 is 14.1 Å². The van der Waals surface area contributed by atoms with Gasteiger partial charge in [-0.25, -0.2) is 4.98 Å². The molecule has 4 rings (SSSR count). The number of alkyl halides is 3. The van der Waals surface area contributed by atoms with E-state index in [0.717, 1.165) is 17.7 Å². The molecule has 1 aliphatic heterocycles. The molecule has 2 heterocycles. The van der Waals surface area contributed by atoms with Crippen LogP contribution < -0.4 is 0 Å². The second-order valence-electron chi connectivity index (χ2n) is 9.27. The van der Waals surface area contributed by atoms with Gasteiger partial charge in [0.25, 0.3) is 5.91 Å². The zero-order chi connectivity index (χ0) is 27.1. The first-order valence-electron chi connectivity index (χ1n) is 12.6. The van der Waals surface area contributed by atoms with Gasteiger partial charge in [-0.15, -0.1) is 0 Å². The van der Waals surface area contributed by atoms with E-state index in [1.807, 2.05) is 35.2 Å². The molecule has 0 aliphatic carbocycles. The number of oxazole rings is 1. The average Bonchev–Trinajstić information content (AvgIpc) is 3.37. The van der Waals surface area contributed by atoms with Crippen LogP contribution in [0.3, 0.4) is 0 Å². The molecule has 1 amide bonds. The van der Waals surface area contributed by atoms with Gasteiger partial charge in [0.2, 0.25) is 5.89 Å². The third-order valence-corrected chi connectivity index (χ3v) is 6.47. The maximum atomic E-state index is 13.0. The Morgan fingerprint density at radius 3 is 2.24 bits per heavy atom. The number of carbonyl (C=O) groups is 2. The van der Waals surface area contributed by atoms with Crippen LogP contribution in [-0.4, -0.2) is 46.4 Å². The number of rotatable bonds is 9. The quantitative estimate of drug-likeness (QED) is 0.350. The standard InChI is InChI=1S/C28H30F3N3O4/c1-2-37-27(36)22-12-14-34(15-13-22)26(35)24-19-38-25(32-24)18-33(16-20-6-4-3-5-7-20)17-21-8-10-23(11-9-21)28(29,30)31/h3-11,19,22H,2,12-18H2,1H3. The minimum Gasteiger partial charge on any atom is -0.466 e. The summed E-state index contributed by atoms with van der Waals surface area (Å²) in [5, 5.41) is 0. The number of aromatic nitrogens is 1. The van der Waals surface area contributed by atoms with Crippen molar-refractivity contribution in [1.82, 2.24) is 14.8 Å². The van der Waals surface area contributed by atoms with Gasteiger partial charge in [-0.2, -0.15) is 13.2 Å². The highest BCUT2D eigenvalue weighted by Gasteiger charge is 2.31. The molecule has 7 nitrogen and oxygen atoms in total. The van der Waals surface area contributed by atoms with Crippen molar-refractivity contribution < 1.29 is 31.9 Å². The molecule has 38 heavy (non-hydrogen) atoms. The molecule has 0 saturated carbocycles. The van der Waals surface area contributed by atoms with E-state index < -0.39 is 11.7 Å². The predicted molar refractivity (Wildman–Crippen MR) is 133 cm³/mol. The van der Waals surface area contributed by atoms with Crippen LogP contribution in [0.4, 0.5) is 13.2 Å². The van der Waals surface area contributed by atoms with Gasteiger partial charge in [0.05, 0.1) is 24.6 Å². The summed E-state index contributed by atoms with van der Waals surface area (Å²) in [7, 11) is 0. The summed E-state index contributed by atoms with van der Waals surface area (Å²) in [6, 6.07) is 14.7. The number of piperidine rings is 1. The molecule has 3 aromatic rings. The van der Waals surface area contributed by atoms with E-state index >= 15 is 0 Å². The normalized spacial score (nSPS) is 14.6. The van der Waals surface area contributed by atoms with Crippen molar-refractivity contribution in [3.63, 3.8) is 0 Å². The Bertz CT molecular complexity index is 1200. The maximum Gasteiger partial charge on any atom is 0.416 e. The molecule has 1 saturated heterocycles. The fraction of sp³-hybridized carbons (Fsp3) is 0.393. The lowest BCUT2D eigenvalue weighted by atomic mass is 9.97. The Morgan fingerprint density at radius 1 is 1.00 bits per heavy atom. The summed E-state index contributed by atoms with van der Waals surface area (Å²) >= 11 is 0. The summed E-state index contributed by atoms with van der Waals surface area (Å²) in [5.41, 5.74) is 1.22. The second kappa shape index (κ2) is 12.3. The number of hydrogen-bond donors (Lipinski definition) is 0. The highest BCUT2D eigenvalue weighted by molar-refractivity contribution is 5.92. The first-order chi connectivity index (χ1) is 18.2. The van der Waals surface area contributed by atoms with Gasteiger partial charge in [0.15, 0.2) is 5.69 Å². The van der Waals surface area contributed by atoms with E-state index in [9.17, 15) is 22.8 Å². The van der Waals surface area contributed by atoms with E-state index in [-0.39, 0.29) is 30.0 Å². The van der Waals surface area contributed by atoms with Crippen LogP contribution in [0, 0.1) is 5.92 Å². The molecule has 0 N–H and O–H groups in total. The van der Waals surface area contributed by atoms with E-state index in [0.29, 0.717) is 57.1 Å². The van der Waals surface area contributed by atoms with Crippen molar-refractivity contribution >= 4 is 11.9 Å². The van der Waals surface area contributed by atoms with E-state index in [1.54, 1.807) is 11.8 Å². The molecule has 0 unspecified atom stereocenters. The molecule has 0 radical (unpaired) electrons. The van der Waals surface area contributed by atoms with Crippen LogP contribution in [0.1, 0.15) is 52.8 Å². The first kappa shape index (κ1) is 27.4. The molecule has 10 heteroatoms. The highest BCUT2D eigenvalue weighted by atomic mass is 19.4. The number of amides is 1. The molecule has 0 spiro atoms. The number of carbonyl (C=O) groups excluding carboxylic acids is 2. The number of benzene rings is 2. The lowest BCUT2D eigenvalue weighted by Crippen LogP contribution is -2.40. The third-order valence-electron chi connectivity index (χ3n) is 6.47. The smallest absolute Gasteiger partial charge is 0.416 e. The number of ether oxygens (including phenoxy) is 1. The highest BCUT2D eigenvalue weighted by Crippen LogP contribution is 2.29. The van der Waals surface area contributed by atoms with Crippen LogP contribution in [0.15, 0.2) is 65.3 Å². The molecular formula is C28H30F3N3O4. The lowest BCUT2D eigenvalue weighted by molar-refractivity contribution is -0.149. The maximum absolute atomic E-state index is 13.0. The number of likely N-dealkylation sites (tertiary alicyclic amines) is 1. The van der Waals surface area contributed by atoms with E-state index in [2.05, 4.69) is 4.98 Å². The molecular weight excluding hydrogens is 499 g/mol. The van der Waals surface area contributed by atoms with Crippen molar-refractivity contribution in [2.24, 2.45) is 5.92 Å². The number of halogens is 3. The van der Waals surface area contributed by atoms with Crippen LogP contribution in [0.25, 0.3) is 0 Å². The summed E-state index contributed by atoms with van der Waals surface area (Å²) in [6.07, 6.45) is -1.99. The lowest BCUT2D eigenvalue weighted by Gasteiger charge is -2.30. The summed E-state index contributed by atoms with van der Waals surface area (Å²) in [6.45, 7) is 4.09. The van der Waals surface area contributed by atoms with Gasteiger partial charge in [0.1, 0.15) is 6.26 Å². The molecule has 1 aromatic heterocycles. The molecule has 1 aliphatic rings. The van der Waals surface area contributed by atoms with Crippen LogP contribution in [0.2, 0.25) is 0 Å². The first-order valence-corrected chi connectivity index (χ1v) is 12.6. The fourth-order valence-electron chi connectivity index (χ4n) is 4.48. The van der Waals surface area contributed by atoms with E-state index in [4.69, 9.17) is 9.15 Å². The van der Waals surface area contributed by atoms with Gasteiger partial charge in [-0.3, -0.25) is 14.5 Å². The summed E-state index contributed by atoms with van der Waals surface area (Å²) in [4.78, 5) is 33.0. The predicted octanol–water partition coefficient (Wildman–Crippen LogP) is 5.31. The molecule has 1 fully saturated rings. The largest absolute Gasteiger partial charge is 0.466 e. The average molecular weight is 530 g/mol. The van der Waals surface area contributed by atoms with Crippen molar-refractivity contribution in [1.29, 1.82) is 0 Å². The topological polar surface area (TPSA) is 75.9 Å². The molecule has 0 bridgehead atoms. The minimum atomic E-state index is -4.39. The van der Waals surface area contributed by atoms with Crippen molar-refractivity contribution in [2.75, 3.05) is 19.7 Å². The fourth-order valence-corrected chi connectivity index (χ4v) is 4.48. The molecule has 202 valence electrons. The zero-order valence-corrected chi connectivity index (χ0v) is 21.1. The zero-order valence-electron chi connectivity index (χ0n) is 21.1. The van der Waals surface area contributed by atoms with Crippen LogP contribution >= 0.6 is 0 Å². The summed E-state index contributed by atoms with van der Waals surface area (Å²) < 4.78 is 49.6. The van der Waals surface area contributed by atoms with Crippen molar-refractivity contribution in [2.45, 2.75) is 45.6 Å². The monoisotopic (exact) mass is 529 g/mol. The number of hydrogen-bond acceptors (Lipinski definition) is 6. The molecule has 0 atom stereocenters. The number of nitrogens with zero attached hydrogens (tertiary/aromatic N) is 3. The Morgan fingerprint density at radius 2 is 1.63 bits per heavy atom.